The van der Waals surface area contributed by atoms with Crippen LogP contribution >= 0.6 is 23.4 Å². The third-order valence-corrected chi connectivity index (χ3v) is 7.64. The van der Waals surface area contributed by atoms with Gasteiger partial charge >= 0.3 is 0 Å². The van der Waals surface area contributed by atoms with Gasteiger partial charge in [-0.25, -0.2) is 0 Å². The summed E-state index contributed by atoms with van der Waals surface area (Å²) in [5.74, 6) is -1.37. The number of nitro groups is 1. The number of nitrogens with zero attached hydrogens (tertiary/aromatic N) is 1. The minimum absolute atomic E-state index is 0.0138. The average Bonchev–Trinajstić information content (AvgIpc) is 2.99. The molecule has 4 aromatic rings. The van der Waals surface area contributed by atoms with E-state index in [0.717, 1.165) is 0 Å². The summed E-state index contributed by atoms with van der Waals surface area (Å²) in [4.78, 5) is 50.5. The van der Waals surface area contributed by atoms with Crippen LogP contribution in [0.25, 0.3) is 6.08 Å². The smallest absolute Gasteiger partial charge is 0.272 e. The van der Waals surface area contributed by atoms with Crippen LogP contribution in [0, 0.1) is 17.0 Å². The third kappa shape index (κ3) is 8.54. The first-order valence-electron chi connectivity index (χ1n) is 13.1. The molecular weight excluding hydrogens is 588 g/mol. The second-order valence-corrected chi connectivity index (χ2v) is 11.2. The van der Waals surface area contributed by atoms with Gasteiger partial charge < -0.3 is 16.0 Å². The predicted molar refractivity (Wildman–Crippen MR) is 170 cm³/mol. The number of hydrogen-bond donors (Lipinski definition) is 3. The van der Waals surface area contributed by atoms with E-state index in [9.17, 15) is 24.5 Å². The Kier molecular flexibility index (Phi) is 10.3. The number of hydrogen-bond acceptors (Lipinski definition) is 6. The lowest BCUT2D eigenvalue weighted by Gasteiger charge is -2.15. The molecule has 9 nitrogen and oxygen atoms in total. The highest BCUT2D eigenvalue weighted by Gasteiger charge is 2.19. The number of rotatable bonds is 10. The molecule has 1 unspecified atom stereocenters. The molecule has 0 fully saturated rings. The number of amides is 3. The van der Waals surface area contributed by atoms with Crippen molar-refractivity contribution >= 4 is 64.2 Å². The minimum atomic E-state index is -0.571. The molecule has 0 aromatic heterocycles. The van der Waals surface area contributed by atoms with Crippen molar-refractivity contribution in [1.82, 2.24) is 5.32 Å². The molecule has 11 heteroatoms. The highest BCUT2D eigenvalue weighted by Crippen LogP contribution is 2.28. The number of anilines is 2. The lowest BCUT2D eigenvalue weighted by molar-refractivity contribution is -0.384. The monoisotopic (exact) mass is 614 g/mol. The molecule has 4 aromatic carbocycles. The largest absolute Gasteiger partial charge is 0.325 e. The van der Waals surface area contributed by atoms with Crippen LogP contribution in [0.15, 0.2) is 108 Å². The Balaban J connectivity index is 1.49. The second kappa shape index (κ2) is 14.3. The van der Waals surface area contributed by atoms with E-state index in [4.69, 9.17) is 11.6 Å². The summed E-state index contributed by atoms with van der Waals surface area (Å²) in [5, 5.41) is 19.2. The molecule has 0 saturated carbocycles. The van der Waals surface area contributed by atoms with Crippen molar-refractivity contribution in [2.75, 3.05) is 10.6 Å². The number of carbonyl (C=O) groups excluding carboxylic acids is 3. The quantitative estimate of drug-likeness (QED) is 0.0757. The predicted octanol–water partition coefficient (Wildman–Crippen LogP) is 7.09. The van der Waals surface area contributed by atoms with Crippen LogP contribution in [-0.4, -0.2) is 27.9 Å². The van der Waals surface area contributed by atoms with E-state index in [1.807, 2.05) is 0 Å². The van der Waals surface area contributed by atoms with E-state index in [-0.39, 0.29) is 17.3 Å². The van der Waals surface area contributed by atoms with E-state index in [2.05, 4.69) is 16.0 Å². The van der Waals surface area contributed by atoms with Gasteiger partial charge in [0.1, 0.15) is 5.70 Å². The fraction of sp³-hybridized carbons (Fsp3) is 0.0938. The fourth-order valence-corrected chi connectivity index (χ4v) is 5.00. The summed E-state index contributed by atoms with van der Waals surface area (Å²) in [6, 6.07) is 26.6. The number of carbonyl (C=O) groups is 3. The molecule has 0 heterocycles. The van der Waals surface area contributed by atoms with Crippen LogP contribution in [0.2, 0.25) is 5.02 Å². The molecule has 0 aliphatic carbocycles. The molecule has 0 aliphatic rings. The van der Waals surface area contributed by atoms with E-state index >= 15 is 0 Å². The van der Waals surface area contributed by atoms with Crippen molar-refractivity contribution in [1.29, 1.82) is 0 Å². The van der Waals surface area contributed by atoms with Gasteiger partial charge in [-0.05, 0) is 67.4 Å². The lowest BCUT2D eigenvalue weighted by atomic mass is 10.1. The topological polar surface area (TPSA) is 130 Å². The number of non-ortho nitro benzene ring substituents is 1. The van der Waals surface area contributed by atoms with E-state index in [1.165, 1.54) is 30.0 Å². The molecule has 43 heavy (non-hydrogen) atoms. The van der Waals surface area contributed by atoms with Crippen LogP contribution in [-0.2, 0) is 9.59 Å². The molecule has 3 amide bonds. The molecule has 4 rings (SSSR count). The Morgan fingerprint density at radius 1 is 0.907 bits per heavy atom. The number of benzene rings is 4. The van der Waals surface area contributed by atoms with Gasteiger partial charge in [0, 0.05) is 33.3 Å². The van der Waals surface area contributed by atoms with Gasteiger partial charge in [0.15, 0.2) is 0 Å². The Labute approximate surface area is 257 Å². The molecule has 0 aliphatic heterocycles. The standard InChI is InChI=1S/C32H27ClN4O5S/c1-20-15-16-25(37(41)42)19-28(20)35-30(38)21(2)43-26-13-8-12-24(18-26)34-32(40)29(17-23-11-6-7-14-27(23)33)36-31(39)22-9-4-3-5-10-22/h3-19,21H,1-2H3,(H,34,40)(H,35,38)(H,36,39)/b29-17+. The fourth-order valence-electron chi connectivity index (χ4n) is 3.89. The number of nitro benzene ring substituents is 1. The minimum Gasteiger partial charge on any atom is -0.325 e. The van der Waals surface area contributed by atoms with Gasteiger partial charge in [-0.3, -0.25) is 24.5 Å². The summed E-state index contributed by atoms with van der Waals surface area (Å²) < 4.78 is 0. The maximum atomic E-state index is 13.4. The van der Waals surface area contributed by atoms with Crippen LogP contribution in [0.4, 0.5) is 17.1 Å². The highest BCUT2D eigenvalue weighted by molar-refractivity contribution is 8.00. The molecule has 0 saturated heterocycles. The summed E-state index contributed by atoms with van der Waals surface area (Å²) in [6.07, 6.45) is 1.50. The number of thioether (sulfide) groups is 1. The Bertz CT molecular complexity index is 1710. The van der Waals surface area contributed by atoms with Gasteiger partial charge in [-0.1, -0.05) is 60.1 Å². The van der Waals surface area contributed by atoms with E-state index in [0.29, 0.717) is 38.0 Å². The van der Waals surface area contributed by atoms with Crippen LogP contribution in [0.5, 0.6) is 0 Å². The van der Waals surface area contributed by atoms with Gasteiger partial charge in [0.05, 0.1) is 15.9 Å². The zero-order valence-electron chi connectivity index (χ0n) is 23.2. The number of nitrogens with one attached hydrogen (secondary N) is 3. The first-order chi connectivity index (χ1) is 20.6. The Hall–Kier alpha value is -4.93. The van der Waals surface area contributed by atoms with Gasteiger partial charge in [0.2, 0.25) is 5.91 Å². The van der Waals surface area contributed by atoms with Crippen molar-refractivity contribution < 1.29 is 19.3 Å². The normalized spacial score (nSPS) is 11.7. The molecule has 0 spiro atoms. The van der Waals surface area contributed by atoms with E-state index < -0.39 is 22.0 Å². The SMILES string of the molecule is Cc1ccc([N+](=O)[O-])cc1NC(=O)C(C)Sc1cccc(NC(=O)/C(=C\c2ccccc2Cl)NC(=O)c2ccccc2)c1. The summed E-state index contributed by atoms with van der Waals surface area (Å²) in [7, 11) is 0. The maximum Gasteiger partial charge on any atom is 0.272 e. The van der Waals surface area contributed by atoms with Gasteiger partial charge in [-0.15, -0.1) is 11.8 Å². The Morgan fingerprint density at radius 2 is 1.63 bits per heavy atom. The van der Waals surface area contributed by atoms with Crippen molar-refractivity contribution in [3.63, 3.8) is 0 Å². The van der Waals surface area contributed by atoms with Crippen molar-refractivity contribution in [3.8, 4) is 0 Å². The maximum absolute atomic E-state index is 13.4. The van der Waals surface area contributed by atoms with Crippen LogP contribution in [0.1, 0.15) is 28.4 Å². The molecule has 1 atom stereocenters. The highest BCUT2D eigenvalue weighted by atomic mass is 35.5. The van der Waals surface area contributed by atoms with Gasteiger partial charge in [-0.2, -0.15) is 0 Å². The molecule has 218 valence electrons. The second-order valence-electron chi connectivity index (χ2n) is 9.39. The Morgan fingerprint density at radius 3 is 2.35 bits per heavy atom. The average molecular weight is 615 g/mol. The zero-order chi connectivity index (χ0) is 30.9. The molecule has 3 N–H and O–H groups in total. The van der Waals surface area contributed by atoms with E-state index in [1.54, 1.807) is 98.8 Å². The summed E-state index contributed by atoms with van der Waals surface area (Å²) >= 11 is 7.56. The van der Waals surface area contributed by atoms with Crippen molar-refractivity contribution in [2.24, 2.45) is 0 Å². The first-order valence-corrected chi connectivity index (χ1v) is 14.3. The van der Waals surface area contributed by atoms with Crippen molar-refractivity contribution in [3.05, 3.63) is 135 Å². The third-order valence-electron chi connectivity index (χ3n) is 6.20. The molecule has 0 radical (unpaired) electrons. The molecular formula is C32H27ClN4O5S. The van der Waals surface area contributed by atoms with Crippen LogP contribution in [0.3, 0.4) is 0 Å². The molecule has 0 bridgehead atoms. The zero-order valence-corrected chi connectivity index (χ0v) is 24.7. The van der Waals surface area contributed by atoms with Crippen LogP contribution < -0.4 is 16.0 Å². The first kappa shape index (κ1) is 31.0. The number of halogens is 1. The summed E-state index contributed by atoms with van der Waals surface area (Å²) in [5.41, 5.74) is 2.30. The van der Waals surface area contributed by atoms with Crippen molar-refractivity contribution in [2.45, 2.75) is 24.0 Å². The lowest BCUT2D eigenvalue weighted by Crippen LogP contribution is -2.30. The van der Waals surface area contributed by atoms with Gasteiger partial charge in [0.25, 0.3) is 17.5 Å². The summed E-state index contributed by atoms with van der Waals surface area (Å²) in [6.45, 7) is 3.46. The number of aryl methyl sites for hydroxylation is 1.